The number of carbonyl (C=O) groups is 1. The number of hydrogen-bond donors (Lipinski definition) is 1. The molecule has 7 heteroatoms. The molecule has 0 heterocycles. The Kier molecular flexibility index (Phi) is 4.97. The first-order valence-electron chi connectivity index (χ1n) is 5.88. The van der Waals surface area contributed by atoms with E-state index >= 15 is 0 Å². The molecule has 1 aromatic carbocycles. The first-order chi connectivity index (χ1) is 9.33. The van der Waals surface area contributed by atoms with Crippen LogP contribution in [0.2, 0.25) is 0 Å². The van der Waals surface area contributed by atoms with Crippen LogP contribution in [0.1, 0.15) is 24.2 Å². The molecular weight excluding hydrogens is 273 g/mol. The second-order valence-corrected chi connectivity index (χ2v) is 4.26. The number of phenols is 1. The van der Waals surface area contributed by atoms with E-state index in [0.29, 0.717) is 6.07 Å². The van der Waals surface area contributed by atoms with Gasteiger partial charge in [-0.05, 0) is 19.9 Å². The number of hydrogen-bond acceptors (Lipinski definition) is 3. The molecule has 0 aliphatic carbocycles. The lowest BCUT2D eigenvalue weighted by Crippen LogP contribution is -2.35. The number of halogens is 3. The van der Waals surface area contributed by atoms with E-state index in [2.05, 4.69) is 0 Å². The lowest BCUT2D eigenvalue weighted by Gasteiger charge is -2.22. The van der Waals surface area contributed by atoms with Gasteiger partial charge in [-0.3, -0.25) is 4.79 Å². The van der Waals surface area contributed by atoms with Crippen molar-refractivity contribution in [1.29, 1.82) is 5.26 Å². The summed E-state index contributed by atoms with van der Waals surface area (Å²) in [6.07, 6.45) is 0. The highest BCUT2D eigenvalue weighted by Crippen LogP contribution is 2.26. The Morgan fingerprint density at radius 1 is 1.45 bits per heavy atom. The lowest BCUT2D eigenvalue weighted by molar-refractivity contribution is 0.0746. The minimum Gasteiger partial charge on any atom is -0.503 e. The van der Waals surface area contributed by atoms with Gasteiger partial charge in [0.2, 0.25) is 5.82 Å². The smallest absolute Gasteiger partial charge is 0.257 e. The highest BCUT2D eigenvalue weighted by molar-refractivity contribution is 5.95. The van der Waals surface area contributed by atoms with Crippen LogP contribution in [0.25, 0.3) is 0 Å². The molecule has 0 saturated heterocycles. The molecule has 0 fully saturated rings. The van der Waals surface area contributed by atoms with Gasteiger partial charge < -0.3 is 10.0 Å². The van der Waals surface area contributed by atoms with Gasteiger partial charge in [-0.2, -0.15) is 9.65 Å². The summed E-state index contributed by atoms with van der Waals surface area (Å²) in [5.74, 6) is -7.72. The topological polar surface area (TPSA) is 64.3 Å². The molecule has 1 amide bonds. The van der Waals surface area contributed by atoms with Crippen LogP contribution in [0.5, 0.6) is 5.75 Å². The van der Waals surface area contributed by atoms with Crippen molar-refractivity contribution in [2.24, 2.45) is 5.92 Å². The molecule has 4 nitrogen and oxygen atoms in total. The molecule has 1 atom stereocenters. The van der Waals surface area contributed by atoms with Crippen LogP contribution in [0.3, 0.4) is 0 Å². The van der Waals surface area contributed by atoms with Crippen molar-refractivity contribution in [3.8, 4) is 11.8 Å². The number of carbonyl (C=O) groups excluding carboxylic acids is 1. The summed E-state index contributed by atoms with van der Waals surface area (Å²) in [4.78, 5) is 13.2. The van der Waals surface area contributed by atoms with Gasteiger partial charge in [0.05, 0.1) is 17.6 Å². The van der Waals surface area contributed by atoms with Gasteiger partial charge in [0.15, 0.2) is 17.4 Å². The highest BCUT2D eigenvalue weighted by atomic mass is 19.2. The van der Waals surface area contributed by atoms with Crippen molar-refractivity contribution in [3.63, 3.8) is 0 Å². The van der Waals surface area contributed by atoms with Crippen LogP contribution in [0.4, 0.5) is 13.2 Å². The van der Waals surface area contributed by atoms with Crippen molar-refractivity contribution < 1.29 is 23.1 Å². The van der Waals surface area contributed by atoms with Crippen LogP contribution >= 0.6 is 0 Å². The normalized spacial score (nSPS) is 11.8. The molecule has 0 spiro atoms. The van der Waals surface area contributed by atoms with Crippen molar-refractivity contribution in [2.75, 3.05) is 13.1 Å². The molecule has 1 rings (SSSR count). The zero-order chi connectivity index (χ0) is 15.4. The Balaban J connectivity index is 3.17. The van der Waals surface area contributed by atoms with Crippen LogP contribution in [0.15, 0.2) is 6.07 Å². The first-order valence-corrected chi connectivity index (χ1v) is 5.88. The number of amides is 1. The molecule has 0 bridgehead atoms. The van der Waals surface area contributed by atoms with E-state index < -0.39 is 40.6 Å². The Labute approximate surface area is 114 Å². The molecule has 0 aromatic heterocycles. The maximum Gasteiger partial charge on any atom is 0.257 e. The predicted molar refractivity (Wildman–Crippen MR) is 64.3 cm³/mol. The largest absolute Gasteiger partial charge is 0.503 e. The summed E-state index contributed by atoms with van der Waals surface area (Å²) in [5.41, 5.74) is -0.770. The average molecular weight is 286 g/mol. The van der Waals surface area contributed by atoms with E-state index in [1.807, 2.05) is 6.07 Å². The molecule has 108 valence electrons. The van der Waals surface area contributed by atoms with Crippen LogP contribution in [0, 0.1) is 34.7 Å². The quantitative estimate of drug-likeness (QED) is 0.865. The van der Waals surface area contributed by atoms with Crippen molar-refractivity contribution in [1.82, 2.24) is 4.90 Å². The maximum atomic E-state index is 13.6. The van der Waals surface area contributed by atoms with Crippen molar-refractivity contribution in [3.05, 3.63) is 29.1 Å². The predicted octanol–water partition coefficient (Wildman–Crippen LogP) is 2.43. The number of aromatic hydroxyl groups is 1. The van der Waals surface area contributed by atoms with Gasteiger partial charge >= 0.3 is 0 Å². The fraction of sp³-hybridized carbons (Fsp3) is 0.385. The minimum atomic E-state index is -1.74. The van der Waals surface area contributed by atoms with E-state index in [0.717, 1.165) is 4.90 Å². The number of phenolic OH excluding ortho intramolecular Hbond substituents is 1. The van der Waals surface area contributed by atoms with E-state index in [-0.39, 0.29) is 13.1 Å². The molecule has 20 heavy (non-hydrogen) atoms. The zero-order valence-electron chi connectivity index (χ0n) is 11.0. The van der Waals surface area contributed by atoms with Gasteiger partial charge in [-0.1, -0.05) is 0 Å². The molecular formula is C13H13F3N2O2. The molecule has 0 saturated carbocycles. The third-order valence-corrected chi connectivity index (χ3v) is 2.75. The first kappa shape index (κ1) is 15.8. The highest BCUT2D eigenvalue weighted by Gasteiger charge is 2.26. The van der Waals surface area contributed by atoms with E-state index in [1.165, 1.54) is 0 Å². The number of nitriles is 1. The number of rotatable bonds is 4. The third-order valence-electron chi connectivity index (χ3n) is 2.75. The number of nitrogens with zero attached hydrogens (tertiary/aromatic N) is 2. The summed E-state index contributed by atoms with van der Waals surface area (Å²) >= 11 is 0. The summed E-state index contributed by atoms with van der Waals surface area (Å²) in [5, 5.41) is 17.8. The van der Waals surface area contributed by atoms with E-state index in [9.17, 15) is 18.0 Å². The van der Waals surface area contributed by atoms with E-state index in [4.69, 9.17) is 10.4 Å². The van der Waals surface area contributed by atoms with Gasteiger partial charge in [0.1, 0.15) is 0 Å². The van der Waals surface area contributed by atoms with E-state index in [1.54, 1.807) is 13.8 Å². The van der Waals surface area contributed by atoms with Crippen LogP contribution in [-0.2, 0) is 0 Å². The Hall–Kier alpha value is -2.23. The van der Waals surface area contributed by atoms with Crippen LogP contribution < -0.4 is 0 Å². The van der Waals surface area contributed by atoms with Gasteiger partial charge in [-0.15, -0.1) is 0 Å². The molecule has 0 radical (unpaired) electrons. The molecule has 0 aliphatic rings. The molecule has 0 aliphatic heterocycles. The van der Waals surface area contributed by atoms with Gasteiger partial charge in [0.25, 0.3) is 5.91 Å². The van der Waals surface area contributed by atoms with Gasteiger partial charge in [-0.25, -0.2) is 8.78 Å². The fourth-order valence-electron chi connectivity index (χ4n) is 1.64. The minimum absolute atomic E-state index is 0.0189. The summed E-state index contributed by atoms with van der Waals surface area (Å²) in [6.45, 7) is 3.34. The Morgan fingerprint density at radius 2 is 2.05 bits per heavy atom. The van der Waals surface area contributed by atoms with Gasteiger partial charge in [0, 0.05) is 13.1 Å². The summed E-state index contributed by atoms with van der Waals surface area (Å²) in [6, 6.07) is 2.31. The standard InChI is InChI=1S/C13H13F3N2O2/c1-3-18(6-7(2)5-17)13(20)8-4-9(14)11(16)12(19)10(8)15/h4,7,19H,3,6H2,1-2H3. The van der Waals surface area contributed by atoms with Crippen LogP contribution in [-0.4, -0.2) is 29.0 Å². The summed E-state index contributed by atoms with van der Waals surface area (Å²) in [7, 11) is 0. The number of benzene rings is 1. The molecule has 1 aromatic rings. The summed E-state index contributed by atoms with van der Waals surface area (Å²) < 4.78 is 39.7. The average Bonchev–Trinajstić information content (AvgIpc) is 2.45. The third kappa shape index (κ3) is 3.02. The zero-order valence-corrected chi connectivity index (χ0v) is 11.0. The lowest BCUT2D eigenvalue weighted by atomic mass is 10.1. The van der Waals surface area contributed by atoms with Crippen molar-refractivity contribution >= 4 is 5.91 Å². The maximum absolute atomic E-state index is 13.6. The Morgan fingerprint density at radius 3 is 2.55 bits per heavy atom. The monoisotopic (exact) mass is 286 g/mol. The second kappa shape index (κ2) is 6.28. The second-order valence-electron chi connectivity index (χ2n) is 4.26. The molecule has 1 N–H and O–H groups in total. The fourth-order valence-corrected chi connectivity index (χ4v) is 1.64. The SMILES string of the molecule is CCN(CC(C)C#N)C(=O)c1cc(F)c(F)c(O)c1F. The Bertz CT molecular complexity index is 570. The van der Waals surface area contributed by atoms with Crippen molar-refractivity contribution in [2.45, 2.75) is 13.8 Å². The molecule has 1 unspecified atom stereocenters.